The van der Waals surface area contributed by atoms with Gasteiger partial charge in [-0.25, -0.2) is 4.79 Å². The Morgan fingerprint density at radius 2 is 2.14 bits per heavy atom. The van der Waals surface area contributed by atoms with Gasteiger partial charge < -0.3 is 20.1 Å². The number of amides is 2. The smallest absolute Gasteiger partial charge is 0.387 e. The van der Waals surface area contributed by atoms with E-state index in [2.05, 4.69) is 10.1 Å². The van der Waals surface area contributed by atoms with Crippen molar-refractivity contribution in [1.29, 1.82) is 0 Å². The number of nitrogens with one attached hydrogen (secondary N) is 1. The van der Waals surface area contributed by atoms with E-state index in [0.717, 1.165) is 12.8 Å². The first-order chi connectivity index (χ1) is 10.5. The molecule has 5 nitrogen and oxygen atoms in total. The van der Waals surface area contributed by atoms with Gasteiger partial charge in [0.25, 0.3) is 0 Å². The van der Waals surface area contributed by atoms with Gasteiger partial charge in [0.1, 0.15) is 5.75 Å². The molecule has 0 bridgehead atoms. The second-order valence-electron chi connectivity index (χ2n) is 5.37. The molecule has 1 aliphatic heterocycles. The molecule has 2 N–H and O–H groups in total. The molecule has 0 unspecified atom stereocenters. The zero-order valence-corrected chi connectivity index (χ0v) is 12.4. The number of halogens is 2. The molecule has 22 heavy (non-hydrogen) atoms. The van der Waals surface area contributed by atoms with Crippen molar-refractivity contribution in [3.8, 4) is 5.75 Å². The highest BCUT2D eigenvalue weighted by molar-refractivity contribution is 5.92. The molecule has 1 heterocycles. The fourth-order valence-electron chi connectivity index (χ4n) is 2.50. The standard InChI is InChI=1S/C15H20F2N2O3/c1-10-3-2-4-12(22-14(16)17)13(10)18-15(21)19-7-5-11(9-20)6-8-19/h2-4,11,14,20H,5-9H2,1H3,(H,18,21). The van der Waals surface area contributed by atoms with Crippen molar-refractivity contribution in [3.63, 3.8) is 0 Å². The zero-order chi connectivity index (χ0) is 16.1. The molecular weight excluding hydrogens is 294 g/mol. The molecule has 0 saturated carbocycles. The van der Waals surface area contributed by atoms with Crippen molar-refractivity contribution in [2.24, 2.45) is 5.92 Å². The van der Waals surface area contributed by atoms with Crippen LogP contribution in [-0.2, 0) is 0 Å². The van der Waals surface area contributed by atoms with Crippen molar-refractivity contribution >= 4 is 11.7 Å². The van der Waals surface area contributed by atoms with Gasteiger partial charge in [0.15, 0.2) is 0 Å². The van der Waals surface area contributed by atoms with E-state index in [1.54, 1.807) is 24.0 Å². The number of hydrogen-bond acceptors (Lipinski definition) is 3. The Labute approximate surface area is 127 Å². The maximum Gasteiger partial charge on any atom is 0.387 e. The summed E-state index contributed by atoms with van der Waals surface area (Å²) < 4.78 is 29.3. The molecule has 122 valence electrons. The van der Waals surface area contributed by atoms with Crippen LogP contribution in [0.2, 0.25) is 0 Å². The quantitative estimate of drug-likeness (QED) is 0.898. The minimum atomic E-state index is -2.95. The fourth-order valence-corrected chi connectivity index (χ4v) is 2.50. The number of ether oxygens (including phenoxy) is 1. The molecule has 0 radical (unpaired) electrons. The number of hydrogen-bond donors (Lipinski definition) is 2. The highest BCUT2D eigenvalue weighted by atomic mass is 19.3. The summed E-state index contributed by atoms with van der Waals surface area (Å²) in [5.41, 5.74) is 0.911. The summed E-state index contributed by atoms with van der Waals surface area (Å²) in [5, 5.41) is 11.8. The van der Waals surface area contributed by atoms with Gasteiger partial charge in [-0.2, -0.15) is 8.78 Å². The predicted octanol–water partition coefficient (Wildman–Crippen LogP) is 2.83. The maximum absolute atomic E-state index is 12.4. The predicted molar refractivity (Wildman–Crippen MR) is 78.2 cm³/mol. The first-order valence-electron chi connectivity index (χ1n) is 7.22. The van der Waals surface area contributed by atoms with Crippen LogP contribution in [0.4, 0.5) is 19.3 Å². The number of likely N-dealkylation sites (tertiary alicyclic amines) is 1. The van der Waals surface area contributed by atoms with Crippen LogP contribution in [0.25, 0.3) is 0 Å². The number of carbonyl (C=O) groups is 1. The van der Waals surface area contributed by atoms with E-state index >= 15 is 0 Å². The van der Waals surface area contributed by atoms with E-state index in [1.807, 2.05) is 0 Å². The van der Waals surface area contributed by atoms with Gasteiger partial charge in [0, 0.05) is 19.7 Å². The number of carbonyl (C=O) groups excluding carboxylic acids is 1. The van der Waals surface area contributed by atoms with Crippen LogP contribution in [0.15, 0.2) is 18.2 Å². The number of rotatable bonds is 4. The number of aliphatic hydroxyl groups excluding tert-OH is 1. The summed E-state index contributed by atoms with van der Waals surface area (Å²) in [6.07, 6.45) is 1.47. The Balaban J connectivity index is 2.05. The summed E-state index contributed by atoms with van der Waals surface area (Å²) in [4.78, 5) is 13.9. The minimum Gasteiger partial charge on any atom is -0.433 e. The third-order valence-corrected chi connectivity index (χ3v) is 3.84. The molecule has 0 atom stereocenters. The molecule has 2 amide bonds. The second kappa shape index (κ2) is 7.40. The summed E-state index contributed by atoms with van der Waals surface area (Å²) >= 11 is 0. The molecule has 1 aromatic carbocycles. The lowest BCUT2D eigenvalue weighted by atomic mass is 9.98. The number of alkyl halides is 2. The monoisotopic (exact) mass is 314 g/mol. The van der Waals surface area contributed by atoms with Gasteiger partial charge in [0.2, 0.25) is 0 Å². The highest BCUT2D eigenvalue weighted by Crippen LogP contribution is 2.30. The van der Waals surface area contributed by atoms with E-state index in [4.69, 9.17) is 5.11 Å². The molecule has 0 aromatic heterocycles. The largest absolute Gasteiger partial charge is 0.433 e. The van der Waals surface area contributed by atoms with E-state index in [1.165, 1.54) is 6.07 Å². The lowest BCUT2D eigenvalue weighted by Crippen LogP contribution is -2.41. The second-order valence-corrected chi connectivity index (χ2v) is 5.37. The topological polar surface area (TPSA) is 61.8 Å². The van der Waals surface area contributed by atoms with Crippen molar-refractivity contribution in [3.05, 3.63) is 23.8 Å². The van der Waals surface area contributed by atoms with Crippen LogP contribution < -0.4 is 10.1 Å². The molecule has 0 spiro atoms. The molecule has 1 saturated heterocycles. The van der Waals surface area contributed by atoms with E-state index in [-0.39, 0.29) is 30.0 Å². The average molecular weight is 314 g/mol. The molecule has 2 rings (SSSR count). The van der Waals surface area contributed by atoms with Crippen LogP contribution in [0.3, 0.4) is 0 Å². The number of anilines is 1. The van der Waals surface area contributed by atoms with E-state index in [9.17, 15) is 13.6 Å². The Kier molecular flexibility index (Phi) is 5.54. The fraction of sp³-hybridized carbons (Fsp3) is 0.533. The van der Waals surface area contributed by atoms with Crippen LogP contribution in [0.5, 0.6) is 5.75 Å². The maximum atomic E-state index is 12.4. The van der Waals surface area contributed by atoms with Gasteiger partial charge in [0.05, 0.1) is 5.69 Å². The third-order valence-electron chi connectivity index (χ3n) is 3.84. The lowest BCUT2D eigenvalue weighted by Gasteiger charge is -2.31. The Morgan fingerprint density at radius 1 is 1.45 bits per heavy atom. The molecule has 1 aliphatic rings. The number of nitrogens with zero attached hydrogens (tertiary/aromatic N) is 1. The molecule has 7 heteroatoms. The molecule has 1 fully saturated rings. The SMILES string of the molecule is Cc1cccc(OC(F)F)c1NC(=O)N1CCC(CO)CC1. The Morgan fingerprint density at radius 3 is 2.73 bits per heavy atom. The van der Waals surface area contributed by atoms with Crippen LogP contribution >= 0.6 is 0 Å². The zero-order valence-electron chi connectivity index (χ0n) is 12.4. The number of piperidine rings is 1. The van der Waals surface area contributed by atoms with Crippen molar-refractivity contribution in [1.82, 2.24) is 4.90 Å². The van der Waals surface area contributed by atoms with Gasteiger partial charge in [-0.15, -0.1) is 0 Å². The number of benzene rings is 1. The third kappa shape index (κ3) is 4.07. The minimum absolute atomic E-state index is 0.0476. The summed E-state index contributed by atoms with van der Waals surface area (Å²) in [6, 6.07) is 4.36. The van der Waals surface area contributed by atoms with Crippen molar-refractivity contribution in [2.45, 2.75) is 26.4 Å². The number of urea groups is 1. The van der Waals surface area contributed by atoms with Crippen molar-refractivity contribution in [2.75, 3.05) is 25.0 Å². The molecular formula is C15H20F2N2O3. The van der Waals surface area contributed by atoms with Gasteiger partial charge in [-0.05, 0) is 37.3 Å². The summed E-state index contributed by atoms with van der Waals surface area (Å²) in [7, 11) is 0. The first kappa shape index (κ1) is 16.5. The normalized spacial score (nSPS) is 16.0. The van der Waals surface area contributed by atoms with Gasteiger partial charge in [-0.1, -0.05) is 12.1 Å². The van der Waals surface area contributed by atoms with Crippen molar-refractivity contribution < 1.29 is 23.4 Å². The number of aryl methyl sites for hydroxylation is 1. The summed E-state index contributed by atoms with van der Waals surface area (Å²) in [5.74, 6) is 0.175. The summed E-state index contributed by atoms with van der Waals surface area (Å²) in [6.45, 7) is -0.0363. The number of aliphatic hydroxyl groups is 1. The average Bonchev–Trinajstić information content (AvgIpc) is 2.50. The molecule has 0 aliphatic carbocycles. The van der Waals surface area contributed by atoms with Crippen LogP contribution in [0, 0.1) is 12.8 Å². The van der Waals surface area contributed by atoms with Gasteiger partial charge >= 0.3 is 12.6 Å². The number of para-hydroxylation sites is 1. The first-order valence-corrected chi connectivity index (χ1v) is 7.22. The Bertz CT molecular complexity index is 518. The highest BCUT2D eigenvalue weighted by Gasteiger charge is 2.23. The molecule has 1 aromatic rings. The van der Waals surface area contributed by atoms with E-state index < -0.39 is 6.61 Å². The van der Waals surface area contributed by atoms with Gasteiger partial charge in [-0.3, -0.25) is 0 Å². The van der Waals surface area contributed by atoms with Crippen LogP contribution in [0.1, 0.15) is 18.4 Å². The van der Waals surface area contributed by atoms with Crippen LogP contribution in [-0.4, -0.2) is 42.3 Å². The lowest BCUT2D eigenvalue weighted by molar-refractivity contribution is -0.0493. The van der Waals surface area contributed by atoms with E-state index in [0.29, 0.717) is 18.7 Å². The Hall–Kier alpha value is -1.89.